The lowest BCUT2D eigenvalue weighted by molar-refractivity contribution is -0.120. The molecule has 7 heteroatoms. The average Bonchev–Trinajstić information content (AvgIpc) is 2.94. The smallest absolute Gasteiger partial charge is 0.229 e. The molecule has 1 fully saturated rings. The van der Waals surface area contributed by atoms with Crippen LogP contribution in [0.15, 0.2) is 24.3 Å². The van der Waals surface area contributed by atoms with Crippen molar-refractivity contribution in [2.45, 2.75) is 32.2 Å². The van der Waals surface area contributed by atoms with E-state index in [-0.39, 0.29) is 17.6 Å². The fourth-order valence-electron chi connectivity index (χ4n) is 2.77. The van der Waals surface area contributed by atoms with E-state index in [0.717, 1.165) is 30.0 Å². The lowest BCUT2D eigenvalue weighted by Gasteiger charge is -2.26. The molecule has 0 spiro atoms. The summed E-state index contributed by atoms with van der Waals surface area (Å²) in [7, 11) is 0. The summed E-state index contributed by atoms with van der Waals surface area (Å²) in [5.41, 5.74) is 0.839. The first-order chi connectivity index (χ1) is 11.1. The number of carbonyl (C=O) groups is 1. The number of hydrogen-bond donors (Lipinski definition) is 2. The molecule has 1 aromatic carbocycles. The highest BCUT2D eigenvalue weighted by atomic mass is 32.1. The van der Waals surface area contributed by atoms with Crippen molar-refractivity contribution in [3.8, 4) is 0 Å². The third-order valence-electron chi connectivity index (χ3n) is 3.94. The molecular formula is C16H19FN4OS. The van der Waals surface area contributed by atoms with Crippen LogP contribution in [0.4, 0.5) is 9.52 Å². The quantitative estimate of drug-likeness (QED) is 0.902. The molecule has 23 heavy (non-hydrogen) atoms. The van der Waals surface area contributed by atoms with Crippen LogP contribution in [0.25, 0.3) is 0 Å². The Morgan fingerprint density at radius 1 is 1.48 bits per heavy atom. The zero-order chi connectivity index (χ0) is 16.2. The predicted molar refractivity (Wildman–Crippen MR) is 87.9 cm³/mol. The van der Waals surface area contributed by atoms with Crippen molar-refractivity contribution < 1.29 is 9.18 Å². The van der Waals surface area contributed by atoms with Gasteiger partial charge in [0.25, 0.3) is 0 Å². The molecule has 0 radical (unpaired) electrons. The van der Waals surface area contributed by atoms with Gasteiger partial charge in [-0.05, 0) is 44.0 Å². The summed E-state index contributed by atoms with van der Waals surface area (Å²) in [4.78, 5) is 12.3. The summed E-state index contributed by atoms with van der Waals surface area (Å²) in [6.45, 7) is 2.95. The summed E-state index contributed by atoms with van der Waals surface area (Å²) in [6.07, 6.45) is 2.18. The molecule has 1 aromatic heterocycles. The number of amides is 1. The van der Waals surface area contributed by atoms with E-state index in [4.69, 9.17) is 0 Å². The zero-order valence-electron chi connectivity index (χ0n) is 12.9. The summed E-state index contributed by atoms with van der Waals surface area (Å²) in [6, 6.07) is 6.77. The Bertz CT molecular complexity index is 690. The van der Waals surface area contributed by atoms with Gasteiger partial charge in [-0.2, -0.15) is 0 Å². The van der Waals surface area contributed by atoms with E-state index in [1.54, 1.807) is 6.07 Å². The van der Waals surface area contributed by atoms with Gasteiger partial charge < -0.3 is 10.6 Å². The molecule has 3 rings (SSSR count). The first kappa shape index (κ1) is 16.0. The number of piperidine rings is 1. The number of halogens is 1. The van der Waals surface area contributed by atoms with Gasteiger partial charge in [-0.3, -0.25) is 4.79 Å². The van der Waals surface area contributed by atoms with Crippen LogP contribution < -0.4 is 10.6 Å². The van der Waals surface area contributed by atoms with Crippen LogP contribution in [0.1, 0.15) is 30.3 Å². The standard InChI is InChI=1S/C16H19FN4OS/c1-10-7-12(5-6-18-10)15(22)19-16-21-20-14(23-16)9-11-3-2-4-13(17)8-11/h2-4,8,10,12,18H,5-7,9H2,1H3,(H,19,21,22)/t10-,12-/m0/s1. The number of nitrogens with one attached hydrogen (secondary N) is 2. The van der Waals surface area contributed by atoms with E-state index in [0.29, 0.717) is 17.6 Å². The van der Waals surface area contributed by atoms with Crippen LogP contribution in [-0.4, -0.2) is 28.7 Å². The van der Waals surface area contributed by atoms with Crippen LogP contribution in [0, 0.1) is 11.7 Å². The molecule has 2 heterocycles. The molecule has 1 saturated heterocycles. The second-order valence-electron chi connectivity index (χ2n) is 5.87. The summed E-state index contributed by atoms with van der Waals surface area (Å²) < 4.78 is 13.2. The minimum atomic E-state index is -0.263. The molecule has 5 nitrogen and oxygen atoms in total. The molecule has 1 aliphatic rings. The summed E-state index contributed by atoms with van der Waals surface area (Å²) in [5.74, 6) is -0.241. The van der Waals surface area contributed by atoms with Gasteiger partial charge >= 0.3 is 0 Å². The van der Waals surface area contributed by atoms with Crippen LogP contribution in [-0.2, 0) is 11.2 Å². The van der Waals surface area contributed by atoms with Gasteiger partial charge in [-0.1, -0.05) is 23.5 Å². The first-order valence-electron chi connectivity index (χ1n) is 7.71. The van der Waals surface area contributed by atoms with Crippen molar-refractivity contribution in [2.24, 2.45) is 5.92 Å². The maximum absolute atomic E-state index is 13.2. The van der Waals surface area contributed by atoms with Crippen LogP contribution in [0.3, 0.4) is 0 Å². The van der Waals surface area contributed by atoms with Crippen molar-refractivity contribution in [1.29, 1.82) is 0 Å². The number of rotatable bonds is 4. The molecule has 2 aromatic rings. The monoisotopic (exact) mass is 334 g/mol. The Morgan fingerprint density at radius 2 is 2.35 bits per heavy atom. The SMILES string of the molecule is C[C@H]1C[C@@H](C(=O)Nc2nnc(Cc3cccc(F)c3)s2)CCN1. The Kier molecular flexibility index (Phi) is 4.97. The van der Waals surface area contributed by atoms with Gasteiger partial charge in [-0.15, -0.1) is 10.2 Å². The topological polar surface area (TPSA) is 66.9 Å². The average molecular weight is 334 g/mol. The fraction of sp³-hybridized carbons (Fsp3) is 0.438. The van der Waals surface area contributed by atoms with Crippen LogP contribution in [0.5, 0.6) is 0 Å². The van der Waals surface area contributed by atoms with E-state index in [1.807, 2.05) is 6.07 Å². The maximum atomic E-state index is 13.2. The predicted octanol–water partition coefficient (Wildman–Crippen LogP) is 2.59. The number of carbonyl (C=O) groups excluding carboxylic acids is 1. The normalized spacial score (nSPS) is 21.1. The highest BCUT2D eigenvalue weighted by molar-refractivity contribution is 7.15. The molecule has 0 saturated carbocycles. The molecule has 0 aliphatic carbocycles. The lowest BCUT2D eigenvalue weighted by atomic mass is 9.93. The third kappa shape index (κ3) is 4.33. The molecule has 2 N–H and O–H groups in total. The number of nitrogens with zero attached hydrogens (tertiary/aromatic N) is 2. The minimum absolute atomic E-state index is 0.00630. The molecule has 2 atom stereocenters. The van der Waals surface area contributed by atoms with Crippen molar-refractivity contribution in [2.75, 3.05) is 11.9 Å². The Balaban J connectivity index is 1.59. The van der Waals surface area contributed by atoms with Crippen molar-refractivity contribution in [3.05, 3.63) is 40.7 Å². The van der Waals surface area contributed by atoms with E-state index < -0.39 is 0 Å². The number of hydrogen-bond acceptors (Lipinski definition) is 5. The lowest BCUT2D eigenvalue weighted by Crippen LogP contribution is -2.40. The van der Waals surface area contributed by atoms with Gasteiger partial charge in [0.15, 0.2) is 0 Å². The highest BCUT2D eigenvalue weighted by Crippen LogP contribution is 2.22. The number of aromatic nitrogens is 2. The molecule has 1 aliphatic heterocycles. The third-order valence-corrected chi connectivity index (χ3v) is 4.77. The Labute approximate surface area is 138 Å². The van der Waals surface area contributed by atoms with Crippen molar-refractivity contribution in [1.82, 2.24) is 15.5 Å². The zero-order valence-corrected chi connectivity index (χ0v) is 13.7. The molecular weight excluding hydrogens is 315 g/mol. The van der Waals surface area contributed by atoms with Gasteiger partial charge in [0.1, 0.15) is 10.8 Å². The molecule has 0 unspecified atom stereocenters. The van der Waals surface area contributed by atoms with E-state index >= 15 is 0 Å². The Hall–Kier alpha value is -1.86. The minimum Gasteiger partial charge on any atom is -0.314 e. The fourth-order valence-corrected chi connectivity index (χ4v) is 3.55. The van der Waals surface area contributed by atoms with E-state index in [9.17, 15) is 9.18 Å². The van der Waals surface area contributed by atoms with Gasteiger partial charge in [-0.25, -0.2) is 4.39 Å². The molecule has 0 bridgehead atoms. The Morgan fingerprint density at radius 3 is 3.13 bits per heavy atom. The number of anilines is 1. The maximum Gasteiger partial charge on any atom is 0.229 e. The number of benzene rings is 1. The molecule has 122 valence electrons. The first-order valence-corrected chi connectivity index (χ1v) is 8.53. The van der Waals surface area contributed by atoms with Gasteiger partial charge in [0.2, 0.25) is 11.0 Å². The van der Waals surface area contributed by atoms with Gasteiger partial charge in [0.05, 0.1) is 0 Å². The van der Waals surface area contributed by atoms with Gasteiger partial charge in [0, 0.05) is 18.4 Å². The van der Waals surface area contributed by atoms with Crippen molar-refractivity contribution in [3.63, 3.8) is 0 Å². The van der Waals surface area contributed by atoms with E-state index in [2.05, 4.69) is 27.8 Å². The largest absolute Gasteiger partial charge is 0.314 e. The summed E-state index contributed by atoms with van der Waals surface area (Å²) >= 11 is 1.33. The van der Waals surface area contributed by atoms with Crippen LogP contribution in [0.2, 0.25) is 0 Å². The second-order valence-corrected chi connectivity index (χ2v) is 6.94. The second kappa shape index (κ2) is 7.14. The van der Waals surface area contributed by atoms with Crippen LogP contribution >= 0.6 is 11.3 Å². The molecule has 1 amide bonds. The van der Waals surface area contributed by atoms with Crippen molar-refractivity contribution >= 4 is 22.4 Å². The highest BCUT2D eigenvalue weighted by Gasteiger charge is 2.25. The van der Waals surface area contributed by atoms with E-state index in [1.165, 1.54) is 23.5 Å². The summed E-state index contributed by atoms with van der Waals surface area (Å²) in [5, 5.41) is 15.5.